The molecule has 1 heterocycles. The molecule has 0 unspecified atom stereocenters. The fourth-order valence-corrected chi connectivity index (χ4v) is 4.23. The minimum atomic E-state index is -4.06. The lowest BCUT2D eigenvalue weighted by Gasteiger charge is -2.13. The van der Waals surface area contributed by atoms with Crippen LogP contribution in [0.5, 0.6) is 5.75 Å². The van der Waals surface area contributed by atoms with Crippen molar-refractivity contribution in [3.05, 3.63) is 63.8 Å². The van der Waals surface area contributed by atoms with E-state index in [0.29, 0.717) is 21.5 Å². The summed E-state index contributed by atoms with van der Waals surface area (Å²) in [7, 11) is -4.06. The Kier molecular flexibility index (Phi) is 4.42. The smallest absolute Gasteiger partial charge is 0.339 e. The van der Waals surface area contributed by atoms with E-state index in [-0.39, 0.29) is 15.7 Å². The predicted molar refractivity (Wildman–Crippen MR) is 95.5 cm³/mol. The van der Waals surface area contributed by atoms with Crippen LogP contribution in [-0.4, -0.2) is 13.4 Å². The largest absolute Gasteiger partial charge is 0.375 e. The van der Waals surface area contributed by atoms with Crippen molar-refractivity contribution in [3.8, 4) is 5.75 Å². The first-order valence-electron chi connectivity index (χ1n) is 7.04. The van der Waals surface area contributed by atoms with Gasteiger partial charge in [-0.15, -0.1) is 0 Å². The number of benzene rings is 2. The van der Waals surface area contributed by atoms with Gasteiger partial charge < -0.3 is 4.18 Å². The average molecular weight is 382 g/mol. The average Bonchev–Trinajstić information content (AvgIpc) is 2.51. The summed E-state index contributed by atoms with van der Waals surface area (Å²) in [6.07, 6.45) is 1.52. The zero-order valence-corrected chi connectivity index (χ0v) is 15.2. The van der Waals surface area contributed by atoms with Gasteiger partial charge in [-0.3, -0.25) is 4.98 Å². The lowest BCUT2D eigenvalue weighted by atomic mass is 10.2. The van der Waals surface area contributed by atoms with E-state index in [9.17, 15) is 8.42 Å². The van der Waals surface area contributed by atoms with E-state index in [2.05, 4.69) is 4.98 Å². The van der Waals surface area contributed by atoms with Gasteiger partial charge in [0.2, 0.25) is 0 Å². The highest BCUT2D eigenvalue weighted by Crippen LogP contribution is 2.38. The second-order valence-electron chi connectivity index (χ2n) is 5.38. The molecule has 3 rings (SSSR count). The van der Waals surface area contributed by atoms with Crippen molar-refractivity contribution >= 4 is 44.2 Å². The number of rotatable bonds is 3. The molecule has 7 heteroatoms. The summed E-state index contributed by atoms with van der Waals surface area (Å²) < 4.78 is 30.7. The Morgan fingerprint density at radius 3 is 2.50 bits per heavy atom. The second-order valence-corrected chi connectivity index (χ2v) is 7.70. The number of hydrogen-bond donors (Lipinski definition) is 0. The summed E-state index contributed by atoms with van der Waals surface area (Å²) in [5, 5.41) is 1.02. The van der Waals surface area contributed by atoms with Crippen molar-refractivity contribution in [2.45, 2.75) is 18.7 Å². The summed E-state index contributed by atoms with van der Waals surface area (Å²) in [4.78, 5) is 4.25. The molecule has 0 aliphatic rings. The molecule has 0 spiro atoms. The number of fused-ring (bicyclic) bond motifs is 1. The van der Waals surface area contributed by atoms with Crippen LogP contribution in [0.2, 0.25) is 10.0 Å². The van der Waals surface area contributed by atoms with Crippen LogP contribution in [0.4, 0.5) is 0 Å². The summed E-state index contributed by atoms with van der Waals surface area (Å²) in [6, 6.07) is 9.86. The molecule has 0 amide bonds. The molecular formula is C17H13Cl2NO3S. The Morgan fingerprint density at radius 1 is 1.04 bits per heavy atom. The fourth-order valence-electron chi connectivity index (χ4n) is 2.46. The Balaban J connectivity index is 2.16. The van der Waals surface area contributed by atoms with Crippen molar-refractivity contribution < 1.29 is 12.6 Å². The molecule has 0 aliphatic carbocycles. The van der Waals surface area contributed by atoms with Gasteiger partial charge in [0.15, 0.2) is 5.75 Å². The Morgan fingerprint density at radius 2 is 1.79 bits per heavy atom. The molecule has 124 valence electrons. The van der Waals surface area contributed by atoms with Gasteiger partial charge >= 0.3 is 10.1 Å². The standard InChI is InChI=1S/C17H13Cl2NO3S/c1-10-5-6-15(11(2)8-10)24(21,22)23-17-14(19)9-13(18)12-4-3-7-20-16(12)17/h3-9H,1-2H3. The van der Waals surface area contributed by atoms with E-state index in [4.69, 9.17) is 27.4 Å². The molecule has 3 aromatic rings. The summed E-state index contributed by atoms with van der Waals surface area (Å²) >= 11 is 12.3. The number of aromatic nitrogens is 1. The fraction of sp³-hybridized carbons (Fsp3) is 0.118. The molecule has 1 aromatic heterocycles. The van der Waals surface area contributed by atoms with Crippen LogP contribution in [-0.2, 0) is 10.1 Å². The molecule has 0 N–H and O–H groups in total. The van der Waals surface area contributed by atoms with E-state index in [1.165, 1.54) is 18.3 Å². The number of aryl methyl sites for hydroxylation is 2. The van der Waals surface area contributed by atoms with Crippen molar-refractivity contribution in [1.29, 1.82) is 0 Å². The quantitative estimate of drug-likeness (QED) is 0.603. The molecule has 0 bridgehead atoms. The Hall–Kier alpha value is -1.82. The summed E-state index contributed by atoms with van der Waals surface area (Å²) in [5.41, 5.74) is 1.85. The third-order valence-corrected chi connectivity index (χ3v) is 5.52. The second kappa shape index (κ2) is 6.24. The molecular weight excluding hydrogens is 369 g/mol. The number of nitrogens with zero attached hydrogens (tertiary/aromatic N) is 1. The molecule has 0 saturated carbocycles. The highest BCUT2D eigenvalue weighted by molar-refractivity contribution is 7.87. The first-order valence-corrected chi connectivity index (χ1v) is 9.20. The summed E-state index contributed by atoms with van der Waals surface area (Å²) in [6.45, 7) is 3.60. The SMILES string of the molecule is Cc1ccc(S(=O)(=O)Oc2c(Cl)cc(Cl)c3cccnc23)c(C)c1. The maximum Gasteiger partial charge on any atom is 0.339 e. The van der Waals surface area contributed by atoms with Crippen LogP contribution >= 0.6 is 23.2 Å². The van der Waals surface area contributed by atoms with Crippen molar-refractivity contribution in [1.82, 2.24) is 4.98 Å². The Labute approximate surface area is 150 Å². The highest BCUT2D eigenvalue weighted by Gasteiger charge is 2.23. The predicted octanol–water partition coefficient (Wildman–Crippen LogP) is 4.93. The number of hydrogen-bond acceptors (Lipinski definition) is 4. The van der Waals surface area contributed by atoms with Crippen LogP contribution < -0.4 is 4.18 Å². The van der Waals surface area contributed by atoms with E-state index in [1.54, 1.807) is 31.2 Å². The minimum absolute atomic E-state index is 0.0309. The molecule has 0 atom stereocenters. The van der Waals surface area contributed by atoms with E-state index < -0.39 is 10.1 Å². The van der Waals surface area contributed by atoms with E-state index >= 15 is 0 Å². The van der Waals surface area contributed by atoms with Gasteiger partial charge in [-0.25, -0.2) is 0 Å². The lowest BCUT2D eigenvalue weighted by Crippen LogP contribution is -2.12. The van der Waals surface area contributed by atoms with Crippen LogP contribution in [0, 0.1) is 13.8 Å². The van der Waals surface area contributed by atoms with Gasteiger partial charge in [0, 0.05) is 11.6 Å². The maximum atomic E-state index is 12.7. The molecule has 24 heavy (non-hydrogen) atoms. The number of pyridine rings is 1. The molecule has 0 saturated heterocycles. The van der Waals surface area contributed by atoms with Crippen LogP contribution in [0.3, 0.4) is 0 Å². The molecule has 0 aliphatic heterocycles. The van der Waals surface area contributed by atoms with Crippen molar-refractivity contribution in [2.24, 2.45) is 0 Å². The van der Waals surface area contributed by atoms with Crippen LogP contribution in [0.25, 0.3) is 10.9 Å². The third-order valence-electron chi connectivity index (χ3n) is 3.54. The number of halogens is 2. The van der Waals surface area contributed by atoms with E-state index in [0.717, 1.165) is 5.56 Å². The van der Waals surface area contributed by atoms with Crippen molar-refractivity contribution in [2.75, 3.05) is 0 Å². The van der Waals surface area contributed by atoms with Crippen LogP contribution in [0.1, 0.15) is 11.1 Å². The molecule has 4 nitrogen and oxygen atoms in total. The first kappa shape index (κ1) is 17.0. The summed E-state index contributed by atoms with van der Waals surface area (Å²) in [5.74, 6) is -0.0309. The van der Waals surface area contributed by atoms with Gasteiger partial charge in [-0.1, -0.05) is 40.9 Å². The van der Waals surface area contributed by atoms with Gasteiger partial charge in [-0.05, 0) is 43.7 Å². The first-order chi connectivity index (χ1) is 11.3. The van der Waals surface area contributed by atoms with Crippen LogP contribution in [0.15, 0.2) is 47.5 Å². The zero-order chi connectivity index (χ0) is 17.5. The maximum absolute atomic E-state index is 12.7. The van der Waals surface area contributed by atoms with Gasteiger partial charge in [0.05, 0.1) is 10.0 Å². The monoisotopic (exact) mass is 381 g/mol. The molecule has 0 radical (unpaired) electrons. The zero-order valence-electron chi connectivity index (χ0n) is 12.9. The minimum Gasteiger partial charge on any atom is -0.375 e. The third kappa shape index (κ3) is 3.07. The van der Waals surface area contributed by atoms with Crippen molar-refractivity contribution in [3.63, 3.8) is 0 Å². The molecule has 2 aromatic carbocycles. The van der Waals surface area contributed by atoms with Gasteiger partial charge in [0.25, 0.3) is 0 Å². The van der Waals surface area contributed by atoms with E-state index in [1.807, 2.05) is 6.92 Å². The van der Waals surface area contributed by atoms with Gasteiger partial charge in [0.1, 0.15) is 10.4 Å². The topological polar surface area (TPSA) is 56.3 Å². The molecule has 0 fully saturated rings. The normalized spacial score (nSPS) is 11.7. The lowest BCUT2D eigenvalue weighted by molar-refractivity contribution is 0.487. The van der Waals surface area contributed by atoms with Gasteiger partial charge in [-0.2, -0.15) is 8.42 Å². The Bertz CT molecular complexity index is 1050. The highest BCUT2D eigenvalue weighted by atomic mass is 35.5.